The lowest BCUT2D eigenvalue weighted by molar-refractivity contribution is 0.138. The van der Waals surface area contributed by atoms with E-state index in [1.807, 2.05) is 0 Å². The molecular weight excluding hydrogens is 248 g/mol. The van der Waals surface area contributed by atoms with Crippen LogP contribution in [0.4, 0.5) is 5.82 Å². The molecule has 0 spiro atoms. The number of piperazine rings is 1. The molecule has 1 aromatic rings. The van der Waals surface area contributed by atoms with Gasteiger partial charge in [0.05, 0.1) is 5.56 Å². The van der Waals surface area contributed by atoms with Crippen LogP contribution in [0.1, 0.15) is 37.1 Å². The highest BCUT2D eigenvalue weighted by Gasteiger charge is 2.33. The number of rotatable bonds is 1. The van der Waals surface area contributed by atoms with Gasteiger partial charge in [0.15, 0.2) is 0 Å². The Balaban J connectivity index is 1.96. The Labute approximate surface area is 121 Å². The zero-order valence-corrected chi connectivity index (χ0v) is 12.6. The van der Waals surface area contributed by atoms with Gasteiger partial charge in [-0.25, -0.2) is 4.98 Å². The molecule has 4 nitrogen and oxygen atoms in total. The zero-order chi connectivity index (χ0) is 14.3. The number of aromatic nitrogens is 1. The number of nitriles is 1. The van der Waals surface area contributed by atoms with Crippen LogP contribution in [-0.4, -0.2) is 42.1 Å². The smallest absolute Gasteiger partial charge is 0.146 e. The van der Waals surface area contributed by atoms with Crippen molar-refractivity contribution in [2.45, 2.75) is 38.6 Å². The van der Waals surface area contributed by atoms with Gasteiger partial charge in [-0.1, -0.05) is 0 Å². The first-order valence-electron chi connectivity index (χ1n) is 7.40. The van der Waals surface area contributed by atoms with E-state index in [0.29, 0.717) is 0 Å². The first kappa shape index (κ1) is 13.4. The summed E-state index contributed by atoms with van der Waals surface area (Å²) in [6.07, 6.45) is 3.31. The summed E-state index contributed by atoms with van der Waals surface area (Å²) in [5.41, 5.74) is 3.34. The molecule has 0 saturated carbocycles. The van der Waals surface area contributed by atoms with E-state index in [1.54, 1.807) is 0 Å². The zero-order valence-electron chi connectivity index (χ0n) is 12.6. The van der Waals surface area contributed by atoms with E-state index < -0.39 is 0 Å². The molecule has 1 aromatic heterocycles. The number of hydrogen-bond donors (Lipinski definition) is 0. The topological polar surface area (TPSA) is 43.2 Å². The lowest BCUT2D eigenvalue weighted by Gasteiger charge is -2.46. The van der Waals surface area contributed by atoms with Crippen molar-refractivity contribution in [3.8, 4) is 6.07 Å². The van der Waals surface area contributed by atoms with E-state index in [4.69, 9.17) is 4.98 Å². The van der Waals surface area contributed by atoms with E-state index in [9.17, 15) is 5.26 Å². The molecule has 1 aliphatic carbocycles. The third kappa shape index (κ3) is 2.16. The van der Waals surface area contributed by atoms with Crippen molar-refractivity contribution in [1.29, 1.82) is 5.26 Å². The van der Waals surface area contributed by atoms with Crippen LogP contribution in [-0.2, 0) is 12.8 Å². The number of hydrogen-bond acceptors (Lipinski definition) is 4. The average Bonchev–Trinajstić information content (AvgIpc) is 2.87. The Bertz CT molecular complexity index is 571. The van der Waals surface area contributed by atoms with E-state index >= 15 is 0 Å². The minimum Gasteiger partial charge on any atom is -0.352 e. The third-order valence-corrected chi connectivity index (χ3v) is 4.77. The molecule has 1 saturated heterocycles. The van der Waals surface area contributed by atoms with Gasteiger partial charge in [0, 0.05) is 30.9 Å². The van der Waals surface area contributed by atoms with Crippen LogP contribution in [0.5, 0.6) is 0 Å². The van der Waals surface area contributed by atoms with Crippen molar-refractivity contribution in [2.75, 3.05) is 31.6 Å². The molecular formula is C16H22N4. The maximum atomic E-state index is 9.44. The molecule has 1 fully saturated rings. The molecule has 0 aromatic carbocycles. The quantitative estimate of drug-likeness (QED) is 0.782. The van der Waals surface area contributed by atoms with Gasteiger partial charge in [0.2, 0.25) is 0 Å². The standard InChI is InChI=1S/C16H22N4/c1-16(2)11-20(8-7-19(16)3)15-13(10-17)9-12-5-4-6-14(12)18-15/h9H,4-8,11H2,1-3H3. The van der Waals surface area contributed by atoms with Crippen molar-refractivity contribution in [3.63, 3.8) is 0 Å². The molecule has 106 valence electrons. The van der Waals surface area contributed by atoms with Gasteiger partial charge in [-0.2, -0.15) is 5.26 Å². The van der Waals surface area contributed by atoms with Crippen LogP contribution >= 0.6 is 0 Å². The predicted molar refractivity (Wildman–Crippen MR) is 79.9 cm³/mol. The molecule has 0 N–H and O–H groups in total. The Kier molecular flexibility index (Phi) is 3.18. The van der Waals surface area contributed by atoms with Gasteiger partial charge in [-0.3, -0.25) is 4.90 Å². The second kappa shape index (κ2) is 4.75. The Morgan fingerprint density at radius 1 is 1.30 bits per heavy atom. The molecule has 20 heavy (non-hydrogen) atoms. The number of aryl methyl sites for hydroxylation is 2. The molecule has 0 unspecified atom stereocenters. The molecule has 0 radical (unpaired) electrons. The van der Waals surface area contributed by atoms with Crippen molar-refractivity contribution < 1.29 is 0 Å². The second-order valence-electron chi connectivity index (χ2n) is 6.59. The van der Waals surface area contributed by atoms with Crippen LogP contribution in [0, 0.1) is 11.3 Å². The summed E-state index contributed by atoms with van der Waals surface area (Å²) in [5.74, 6) is 0.898. The molecule has 1 aliphatic heterocycles. The van der Waals surface area contributed by atoms with E-state index in [-0.39, 0.29) is 5.54 Å². The highest BCUT2D eigenvalue weighted by molar-refractivity contribution is 5.57. The van der Waals surface area contributed by atoms with Crippen molar-refractivity contribution >= 4 is 5.82 Å². The van der Waals surface area contributed by atoms with Gasteiger partial charge in [0.1, 0.15) is 11.9 Å². The number of likely N-dealkylation sites (N-methyl/N-ethyl adjacent to an activating group) is 1. The highest BCUT2D eigenvalue weighted by Crippen LogP contribution is 2.30. The minimum atomic E-state index is 0.117. The van der Waals surface area contributed by atoms with Crippen LogP contribution < -0.4 is 4.90 Å². The molecule has 0 amide bonds. The molecule has 2 aliphatic rings. The summed E-state index contributed by atoms with van der Waals surface area (Å²) in [7, 11) is 2.17. The Morgan fingerprint density at radius 2 is 2.10 bits per heavy atom. The van der Waals surface area contributed by atoms with Gasteiger partial charge < -0.3 is 4.90 Å². The van der Waals surface area contributed by atoms with Gasteiger partial charge in [0.25, 0.3) is 0 Å². The largest absolute Gasteiger partial charge is 0.352 e. The highest BCUT2D eigenvalue weighted by atomic mass is 15.3. The number of anilines is 1. The summed E-state index contributed by atoms with van der Waals surface area (Å²) in [4.78, 5) is 9.49. The predicted octanol–water partition coefficient (Wildman–Crippen LogP) is 1.97. The number of fused-ring (bicyclic) bond motifs is 1. The van der Waals surface area contributed by atoms with Crippen LogP contribution in [0.25, 0.3) is 0 Å². The van der Waals surface area contributed by atoms with Crippen LogP contribution in [0.3, 0.4) is 0 Å². The monoisotopic (exact) mass is 270 g/mol. The maximum Gasteiger partial charge on any atom is 0.146 e. The molecule has 3 rings (SSSR count). The average molecular weight is 270 g/mol. The summed E-state index contributed by atoms with van der Waals surface area (Å²) in [6.45, 7) is 7.37. The Hall–Kier alpha value is -1.60. The van der Waals surface area contributed by atoms with Gasteiger partial charge in [-0.05, 0) is 51.8 Å². The molecule has 0 bridgehead atoms. The first-order chi connectivity index (χ1) is 9.51. The molecule has 4 heteroatoms. The van der Waals surface area contributed by atoms with Crippen LogP contribution in [0.15, 0.2) is 6.07 Å². The van der Waals surface area contributed by atoms with Gasteiger partial charge in [-0.15, -0.1) is 0 Å². The van der Waals surface area contributed by atoms with Crippen molar-refractivity contribution in [2.24, 2.45) is 0 Å². The number of pyridine rings is 1. The fourth-order valence-corrected chi connectivity index (χ4v) is 3.21. The maximum absolute atomic E-state index is 9.44. The lowest BCUT2D eigenvalue weighted by atomic mass is 9.99. The summed E-state index contributed by atoms with van der Waals surface area (Å²) in [5, 5.41) is 9.44. The Morgan fingerprint density at radius 3 is 2.80 bits per heavy atom. The third-order valence-electron chi connectivity index (χ3n) is 4.77. The summed E-state index contributed by atoms with van der Waals surface area (Å²) in [6, 6.07) is 4.41. The summed E-state index contributed by atoms with van der Waals surface area (Å²) < 4.78 is 0. The fraction of sp³-hybridized carbons (Fsp3) is 0.625. The van der Waals surface area contributed by atoms with E-state index in [0.717, 1.165) is 43.9 Å². The van der Waals surface area contributed by atoms with Crippen molar-refractivity contribution in [1.82, 2.24) is 9.88 Å². The SMILES string of the molecule is CN1CCN(c2nc3c(cc2C#N)CCC3)CC1(C)C. The number of nitrogens with zero attached hydrogens (tertiary/aromatic N) is 4. The molecule has 0 atom stereocenters. The van der Waals surface area contributed by atoms with Gasteiger partial charge >= 0.3 is 0 Å². The minimum absolute atomic E-state index is 0.117. The lowest BCUT2D eigenvalue weighted by Crippen LogP contribution is -2.58. The van der Waals surface area contributed by atoms with E-state index in [2.05, 4.69) is 42.8 Å². The second-order valence-corrected chi connectivity index (χ2v) is 6.59. The normalized spacial score (nSPS) is 21.6. The van der Waals surface area contributed by atoms with Crippen molar-refractivity contribution in [3.05, 3.63) is 22.9 Å². The first-order valence-corrected chi connectivity index (χ1v) is 7.40. The van der Waals surface area contributed by atoms with Crippen LogP contribution in [0.2, 0.25) is 0 Å². The fourth-order valence-electron chi connectivity index (χ4n) is 3.21. The summed E-state index contributed by atoms with van der Waals surface area (Å²) >= 11 is 0. The van der Waals surface area contributed by atoms with E-state index in [1.165, 1.54) is 17.7 Å². The molecule has 2 heterocycles.